The van der Waals surface area contributed by atoms with E-state index in [4.69, 9.17) is 30.9 Å². The van der Waals surface area contributed by atoms with Gasteiger partial charge in [0.15, 0.2) is 11.5 Å². The van der Waals surface area contributed by atoms with Gasteiger partial charge in [-0.15, -0.1) is 11.8 Å². The number of thioether (sulfide) groups is 1. The van der Waals surface area contributed by atoms with E-state index in [0.29, 0.717) is 46.0 Å². The van der Waals surface area contributed by atoms with Gasteiger partial charge in [-0.25, -0.2) is 4.68 Å². The number of rotatable bonds is 10. The molecule has 0 fully saturated rings. The summed E-state index contributed by atoms with van der Waals surface area (Å²) in [7, 11) is 4.79. The fraction of sp³-hybridized carbons (Fsp3) is 0.281. The molecule has 1 aliphatic heterocycles. The summed E-state index contributed by atoms with van der Waals surface area (Å²) in [4.78, 5) is 28.5. The molecule has 0 saturated heterocycles. The number of fused-ring (bicyclic) bond motifs is 1. The molecule has 0 unspecified atom stereocenters. The van der Waals surface area contributed by atoms with Gasteiger partial charge in [-0.2, -0.15) is 5.10 Å². The lowest BCUT2D eigenvalue weighted by molar-refractivity contribution is -0.122. The molecule has 1 aromatic heterocycles. The third-order valence-corrected chi connectivity index (χ3v) is 8.61. The van der Waals surface area contributed by atoms with Gasteiger partial charge in [0.2, 0.25) is 11.8 Å². The first-order valence-corrected chi connectivity index (χ1v) is 15.2. The molecular weight excluding hydrogens is 588 g/mol. The number of aromatic nitrogens is 2. The Morgan fingerprint density at radius 1 is 1.00 bits per heavy atom. The van der Waals surface area contributed by atoms with Crippen LogP contribution in [0.3, 0.4) is 0 Å². The molecule has 0 saturated carbocycles. The van der Waals surface area contributed by atoms with E-state index in [2.05, 4.69) is 5.32 Å². The molecule has 11 heteroatoms. The molecule has 0 radical (unpaired) electrons. The molecule has 2 heterocycles. The molecule has 3 aromatic carbocycles. The standard InChI is InChI=1S/C32H33ClN4O5S/c1-5-16-34-27(38)18-36-28(39)19-43-31(21-8-15-25(41-3)26(17-21)42-4)29-30(20-6-9-22(33)10-7-20)35-37(32(29)36)23-11-13-24(40-2)14-12-23/h6-15,17,31H,5,16,18-19H2,1-4H3,(H,34,38)/t31-/m1/s1. The smallest absolute Gasteiger partial charge is 0.240 e. The lowest BCUT2D eigenvalue weighted by Crippen LogP contribution is -2.42. The van der Waals surface area contributed by atoms with E-state index in [1.807, 2.05) is 73.7 Å². The van der Waals surface area contributed by atoms with Crippen LogP contribution in [0.5, 0.6) is 17.2 Å². The van der Waals surface area contributed by atoms with Gasteiger partial charge in [0.1, 0.15) is 18.1 Å². The van der Waals surface area contributed by atoms with E-state index in [-0.39, 0.29) is 29.4 Å². The molecule has 5 rings (SSSR count). The molecule has 1 atom stereocenters. The number of nitrogens with zero attached hydrogens (tertiary/aromatic N) is 3. The zero-order chi connectivity index (χ0) is 30.5. The summed E-state index contributed by atoms with van der Waals surface area (Å²) < 4.78 is 18.2. The maximum Gasteiger partial charge on any atom is 0.240 e. The molecule has 4 aromatic rings. The second-order valence-corrected chi connectivity index (χ2v) is 11.4. The van der Waals surface area contributed by atoms with Crippen molar-refractivity contribution in [3.8, 4) is 34.2 Å². The summed E-state index contributed by atoms with van der Waals surface area (Å²) in [6, 6.07) is 20.6. The van der Waals surface area contributed by atoms with Gasteiger partial charge in [0, 0.05) is 22.7 Å². The van der Waals surface area contributed by atoms with Gasteiger partial charge in [-0.1, -0.05) is 36.7 Å². The molecule has 224 valence electrons. The van der Waals surface area contributed by atoms with Crippen LogP contribution in [0.15, 0.2) is 66.7 Å². The fourth-order valence-electron chi connectivity index (χ4n) is 4.99. The maximum atomic E-state index is 13.9. The molecule has 1 N–H and O–H groups in total. The van der Waals surface area contributed by atoms with Crippen molar-refractivity contribution in [1.82, 2.24) is 15.1 Å². The van der Waals surface area contributed by atoms with E-state index >= 15 is 0 Å². The van der Waals surface area contributed by atoms with E-state index in [1.165, 1.54) is 11.8 Å². The third-order valence-electron chi connectivity index (χ3n) is 7.11. The van der Waals surface area contributed by atoms with Crippen LogP contribution in [0.1, 0.15) is 29.7 Å². The van der Waals surface area contributed by atoms with Crippen molar-refractivity contribution in [2.24, 2.45) is 0 Å². The summed E-state index contributed by atoms with van der Waals surface area (Å²) >= 11 is 7.74. The third kappa shape index (κ3) is 6.30. The summed E-state index contributed by atoms with van der Waals surface area (Å²) in [6.07, 6.45) is 0.784. The monoisotopic (exact) mass is 620 g/mol. The fourth-order valence-corrected chi connectivity index (χ4v) is 6.30. The number of nitrogens with one attached hydrogen (secondary N) is 1. The Hall–Kier alpha value is -4.15. The highest BCUT2D eigenvalue weighted by Gasteiger charge is 2.38. The van der Waals surface area contributed by atoms with E-state index < -0.39 is 0 Å². The summed E-state index contributed by atoms with van der Waals surface area (Å²) in [6.45, 7) is 2.36. The highest BCUT2D eigenvalue weighted by molar-refractivity contribution is 8.00. The number of amides is 2. The van der Waals surface area contributed by atoms with Crippen LogP contribution in [0.2, 0.25) is 5.02 Å². The van der Waals surface area contributed by atoms with Crippen LogP contribution in [-0.4, -0.2) is 61.8 Å². The van der Waals surface area contributed by atoms with Crippen LogP contribution >= 0.6 is 23.4 Å². The number of anilines is 1. The SMILES string of the molecule is CCCNC(=O)CN1C(=O)CS[C@H](c2ccc(OC)c(OC)c2)c2c(-c3ccc(Cl)cc3)nn(-c3ccc(OC)cc3)c21. The molecule has 1 aliphatic rings. The molecule has 2 amide bonds. The number of methoxy groups -OCH3 is 3. The first-order valence-electron chi connectivity index (χ1n) is 13.8. The first kappa shape index (κ1) is 30.3. The van der Waals surface area contributed by atoms with Crippen LogP contribution in [0.4, 0.5) is 5.82 Å². The maximum absolute atomic E-state index is 13.9. The molecule has 0 spiro atoms. The first-order chi connectivity index (χ1) is 20.9. The Kier molecular flexibility index (Phi) is 9.47. The number of carbonyl (C=O) groups is 2. The topological polar surface area (TPSA) is 94.9 Å². The highest BCUT2D eigenvalue weighted by Crippen LogP contribution is 2.49. The molecule has 43 heavy (non-hydrogen) atoms. The Morgan fingerprint density at radius 2 is 1.72 bits per heavy atom. The normalized spacial score (nSPS) is 14.6. The average molecular weight is 621 g/mol. The minimum atomic E-state index is -0.333. The average Bonchev–Trinajstić information content (AvgIpc) is 3.36. The van der Waals surface area contributed by atoms with Gasteiger partial charge in [0.05, 0.1) is 43.7 Å². The lowest BCUT2D eigenvalue weighted by atomic mass is 9.99. The number of benzene rings is 3. The predicted octanol–water partition coefficient (Wildman–Crippen LogP) is 5.91. The quantitative estimate of drug-likeness (QED) is 0.235. The van der Waals surface area contributed by atoms with E-state index in [1.54, 1.807) is 30.9 Å². The van der Waals surface area contributed by atoms with Crippen LogP contribution < -0.4 is 24.4 Å². The van der Waals surface area contributed by atoms with Crippen molar-refractivity contribution in [1.29, 1.82) is 0 Å². The minimum Gasteiger partial charge on any atom is -0.497 e. The molecular formula is C32H33ClN4O5S. The van der Waals surface area contributed by atoms with E-state index in [0.717, 1.165) is 23.1 Å². The van der Waals surface area contributed by atoms with Gasteiger partial charge in [0.25, 0.3) is 0 Å². The van der Waals surface area contributed by atoms with Crippen molar-refractivity contribution in [3.05, 3.63) is 82.9 Å². The number of carbonyl (C=O) groups excluding carboxylic acids is 2. The van der Waals surface area contributed by atoms with Crippen LogP contribution in [0, 0.1) is 0 Å². The van der Waals surface area contributed by atoms with Crippen LogP contribution in [-0.2, 0) is 9.59 Å². The molecule has 0 aliphatic carbocycles. The van der Waals surface area contributed by atoms with Gasteiger partial charge < -0.3 is 19.5 Å². The molecule has 0 bridgehead atoms. The van der Waals surface area contributed by atoms with E-state index in [9.17, 15) is 9.59 Å². The van der Waals surface area contributed by atoms with Crippen molar-refractivity contribution in [2.75, 3.05) is 45.1 Å². The second-order valence-electron chi connectivity index (χ2n) is 9.84. The predicted molar refractivity (Wildman–Crippen MR) is 170 cm³/mol. The summed E-state index contributed by atoms with van der Waals surface area (Å²) in [5, 5.41) is 8.28. The number of hydrogen-bond donors (Lipinski definition) is 1. The highest BCUT2D eigenvalue weighted by atomic mass is 35.5. The largest absolute Gasteiger partial charge is 0.497 e. The van der Waals surface area contributed by atoms with Crippen molar-refractivity contribution in [3.63, 3.8) is 0 Å². The van der Waals surface area contributed by atoms with Gasteiger partial charge in [-0.05, 0) is 60.5 Å². The lowest BCUT2D eigenvalue weighted by Gasteiger charge is -2.23. The minimum absolute atomic E-state index is 0.146. The summed E-state index contributed by atoms with van der Waals surface area (Å²) in [5.74, 6) is 2.09. The van der Waals surface area contributed by atoms with Crippen molar-refractivity contribution >= 4 is 41.0 Å². The van der Waals surface area contributed by atoms with Gasteiger partial charge >= 0.3 is 0 Å². The number of ether oxygens (including phenoxy) is 3. The zero-order valence-corrected chi connectivity index (χ0v) is 26.0. The summed E-state index contributed by atoms with van der Waals surface area (Å²) in [5.41, 5.74) is 3.90. The Bertz CT molecular complexity index is 1610. The van der Waals surface area contributed by atoms with Gasteiger partial charge in [-0.3, -0.25) is 14.5 Å². The Balaban J connectivity index is 1.79. The Morgan fingerprint density at radius 3 is 2.37 bits per heavy atom. The molecule has 9 nitrogen and oxygen atoms in total. The number of hydrogen-bond acceptors (Lipinski definition) is 7. The number of halogens is 1. The second kappa shape index (κ2) is 13.4. The van der Waals surface area contributed by atoms with Crippen molar-refractivity contribution in [2.45, 2.75) is 18.6 Å². The zero-order valence-electron chi connectivity index (χ0n) is 24.4. The Labute approximate surface area is 260 Å². The van der Waals surface area contributed by atoms with Crippen LogP contribution in [0.25, 0.3) is 16.9 Å². The van der Waals surface area contributed by atoms with Crippen molar-refractivity contribution < 1.29 is 23.8 Å².